The molecule has 0 aromatic carbocycles. The average molecular weight is 441 g/mol. The molecular formula is C15H22F3N5O7. The van der Waals surface area contributed by atoms with Gasteiger partial charge in [-0.25, -0.2) is 4.99 Å². The summed E-state index contributed by atoms with van der Waals surface area (Å²) in [6.07, 6.45) is -10.6. The van der Waals surface area contributed by atoms with E-state index in [1.165, 1.54) is 6.20 Å². The molecular weight excluding hydrogens is 419 g/mol. The van der Waals surface area contributed by atoms with Gasteiger partial charge in [-0.1, -0.05) is 0 Å². The summed E-state index contributed by atoms with van der Waals surface area (Å²) in [6.45, 7) is -1.79. The number of guanidine groups is 1. The predicted octanol–water partition coefficient (Wildman–Crippen LogP) is -3.90. The van der Waals surface area contributed by atoms with Crippen LogP contribution in [0.15, 0.2) is 16.8 Å². The summed E-state index contributed by atoms with van der Waals surface area (Å²) in [6, 6.07) is 0. The number of aliphatic hydroxyl groups excluding tert-OH is 4. The van der Waals surface area contributed by atoms with Gasteiger partial charge in [0.2, 0.25) is 5.91 Å². The highest BCUT2D eigenvalue weighted by molar-refractivity contribution is 5.87. The highest BCUT2D eigenvalue weighted by Crippen LogP contribution is 2.30. The molecule has 0 saturated carbocycles. The summed E-state index contributed by atoms with van der Waals surface area (Å²) in [7, 11) is 0. The third-order valence-electron chi connectivity index (χ3n) is 4.33. The van der Waals surface area contributed by atoms with Crippen molar-refractivity contribution in [1.29, 1.82) is 0 Å². The lowest BCUT2D eigenvalue weighted by molar-refractivity contribution is -0.173. The summed E-state index contributed by atoms with van der Waals surface area (Å²) in [5, 5.41) is 43.0. The molecule has 0 aromatic rings. The Bertz CT molecular complexity index is 717. The van der Waals surface area contributed by atoms with E-state index in [0.717, 1.165) is 4.90 Å². The standard InChI is InChI=1S/C15H22F3N5O7/c16-15(17,18)13(29)21-2-1-20-8(25)4-23-3-6(12(28)22-14(23)19)11-10(27)9(26)7(5-24)30-11/h3,7,9-12,24,26-28H,1-2,4-5H2,(H2,19,22)(H,20,25)(H,21,29)/t7-,9?,10+,11+,12?/m1/s1. The maximum absolute atomic E-state index is 12.1. The van der Waals surface area contributed by atoms with Crippen molar-refractivity contribution in [2.24, 2.45) is 10.7 Å². The number of aliphatic hydroxyl groups is 4. The van der Waals surface area contributed by atoms with Crippen LogP contribution in [0.3, 0.4) is 0 Å². The zero-order chi connectivity index (χ0) is 22.6. The van der Waals surface area contributed by atoms with Crippen LogP contribution < -0.4 is 16.4 Å². The minimum absolute atomic E-state index is 0.0306. The molecule has 2 unspecified atom stereocenters. The van der Waals surface area contributed by atoms with Crippen molar-refractivity contribution in [1.82, 2.24) is 15.5 Å². The van der Waals surface area contributed by atoms with Crippen LogP contribution in [0.25, 0.3) is 0 Å². The molecule has 1 fully saturated rings. The van der Waals surface area contributed by atoms with E-state index in [1.807, 2.05) is 0 Å². The summed E-state index contributed by atoms with van der Waals surface area (Å²) in [5.41, 5.74) is 5.62. The maximum atomic E-state index is 12.1. The van der Waals surface area contributed by atoms with E-state index in [4.69, 9.17) is 15.6 Å². The largest absolute Gasteiger partial charge is 0.471 e. The lowest BCUT2D eigenvalue weighted by Crippen LogP contribution is -2.47. The van der Waals surface area contributed by atoms with Crippen LogP contribution in [0.2, 0.25) is 0 Å². The zero-order valence-electron chi connectivity index (χ0n) is 15.4. The molecule has 0 spiro atoms. The molecule has 5 atom stereocenters. The molecule has 2 heterocycles. The minimum Gasteiger partial charge on any atom is -0.394 e. The molecule has 0 aromatic heterocycles. The summed E-state index contributed by atoms with van der Waals surface area (Å²) < 4.78 is 41.5. The molecule has 0 aliphatic carbocycles. The molecule has 170 valence electrons. The normalized spacial score (nSPS) is 29.3. The van der Waals surface area contributed by atoms with Crippen molar-refractivity contribution in [2.75, 3.05) is 26.2 Å². The molecule has 2 amide bonds. The number of halogens is 3. The maximum Gasteiger partial charge on any atom is 0.471 e. The first-order valence-corrected chi connectivity index (χ1v) is 8.69. The molecule has 2 aliphatic heterocycles. The third kappa shape index (κ3) is 5.57. The number of carbonyl (C=O) groups excluding carboxylic acids is 2. The van der Waals surface area contributed by atoms with E-state index in [-0.39, 0.29) is 18.1 Å². The molecule has 15 heteroatoms. The Balaban J connectivity index is 1.94. The number of nitrogens with one attached hydrogen (secondary N) is 2. The van der Waals surface area contributed by atoms with E-state index in [9.17, 15) is 38.1 Å². The van der Waals surface area contributed by atoms with Gasteiger partial charge >= 0.3 is 12.1 Å². The van der Waals surface area contributed by atoms with E-state index < -0.39 is 68.3 Å². The molecule has 12 nitrogen and oxygen atoms in total. The van der Waals surface area contributed by atoms with Crippen LogP contribution >= 0.6 is 0 Å². The summed E-state index contributed by atoms with van der Waals surface area (Å²) in [4.78, 5) is 27.4. The number of hydrogen-bond acceptors (Lipinski definition) is 10. The second-order valence-electron chi connectivity index (χ2n) is 6.48. The topological polar surface area (TPSA) is 190 Å². The van der Waals surface area contributed by atoms with E-state index >= 15 is 0 Å². The molecule has 2 rings (SSSR count). The van der Waals surface area contributed by atoms with Crippen LogP contribution in [-0.2, 0) is 14.3 Å². The Labute approximate surface area is 167 Å². The van der Waals surface area contributed by atoms with Crippen molar-refractivity contribution in [3.63, 3.8) is 0 Å². The lowest BCUT2D eigenvalue weighted by atomic mass is 10.0. The fourth-order valence-electron chi connectivity index (χ4n) is 2.80. The lowest BCUT2D eigenvalue weighted by Gasteiger charge is -2.30. The van der Waals surface area contributed by atoms with Gasteiger partial charge in [-0.2, -0.15) is 13.2 Å². The number of alkyl halides is 3. The van der Waals surface area contributed by atoms with Crippen LogP contribution in [-0.4, -0.2) is 106 Å². The van der Waals surface area contributed by atoms with Crippen LogP contribution in [0.5, 0.6) is 0 Å². The Hall–Kier alpha value is -2.46. The smallest absolute Gasteiger partial charge is 0.394 e. The van der Waals surface area contributed by atoms with E-state index in [0.29, 0.717) is 0 Å². The molecule has 2 aliphatic rings. The molecule has 0 radical (unpaired) electrons. The summed E-state index contributed by atoms with van der Waals surface area (Å²) in [5.74, 6) is -3.09. The Morgan fingerprint density at radius 2 is 1.83 bits per heavy atom. The Morgan fingerprint density at radius 3 is 2.40 bits per heavy atom. The number of nitrogens with two attached hydrogens (primary N) is 1. The van der Waals surface area contributed by atoms with Gasteiger partial charge in [0.15, 0.2) is 12.2 Å². The highest BCUT2D eigenvalue weighted by atomic mass is 19.4. The van der Waals surface area contributed by atoms with Crippen molar-refractivity contribution < 1.29 is 47.9 Å². The van der Waals surface area contributed by atoms with Crippen LogP contribution in [0.1, 0.15) is 0 Å². The molecule has 8 N–H and O–H groups in total. The van der Waals surface area contributed by atoms with Gasteiger partial charge < -0.3 is 46.4 Å². The Kier molecular flexibility index (Phi) is 7.59. The number of aliphatic imine (C=N–C) groups is 1. The van der Waals surface area contributed by atoms with Gasteiger partial charge in [-0.15, -0.1) is 0 Å². The van der Waals surface area contributed by atoms with Crippen molar-refractivity contribution in [2.45, 2.75) is 36.8 Å². The van der Waals surface area contributed by atoms with Gasteiger partial charge in [0.25, 0.3) is 0 Å². The van der Waals surface area contributed by atoms with Crippen molar-refractivity contribution in [3.05, 3.63) is 11.8 Å². The zero-order valence-corrected chi connectivity index (χ0v) is 15.4. The van der Waals surface area contributed by atoms with Gasteiger partial charge in [0.05, 0.1) is 6.61 Å². The quantitative estimate of drug-likeness (QED) is 0.194. The van der Waals surface area contributed by atoms with Crippen LogP contribution in [0.4, 0.5) is 13.2 Å². The van der Waals surface area contributed by atoms with Crippen molar-refractivity contribution in [3.8, 4) is 0 Å². The molecule has 0 bridgehead atoms. The van der Waals surface area contributed by atoms with Gasteiger partial charge in [-0.3, -0.25) is 9.59 Å². The molecule has 1 saturated heterocycles. The highest BCUT2D eigenvalue weighted by Gasteiger charge is 2.46. The first-order chi connectivity index (χ1) is 14.0. The molecule has 30 heavy (non-hydrogen) atoms. The predicted molar refractivity (Wildman–Crippen MR) is 92.3 cm³/mol. The van der Waals surface area contributed by atoms with Crippen LogP contribution in [0, 0.1) is 0 Å². The third-order valence-corrected chi connectivity index (χ3v) is 4.33. The van der Waals surface area contributed by atoms with Gasteiger partial charge in [-0.05, 0) is 0 Å². The number of amides is 2. The SMILES string of the molecule is NC1=NC(O)C([C@@H]2O[C@H](CO)C(O)[C@@H]2O)=CN1CC(=O)NCCNC(=O)C(F)(F)F. The number of rotatable bonds is 7. The number of nitrogens with zero attached hydrogens (tertiary/aromatic N) is 2. The minimum atomic E-state index is -5.03. The number of carbonyl (C=O) groups is 2. The van der Waals surface area contributed by atoms with Gasteiger partial charge in [0.1, 0.15) is 31.0 Å². The average Bonchev–Trinajstić information content (AvgIpc) is 2.94. The van der Waals surface area contributed by atoms with Crippen molar-refractivity contribution >= 4 is 17.8 Å². The first-order valence-electron chi connectivity index (χ1n) is 8.69. The first kappa shape index (κ1) is 23.8. The number of hydrogen-bond donors (Lipinski definition) is 7. The monoisotopic (exact) mass is 441 g/mol. The summed E-state index contributed by atoms with van der Waals surface area (Å²) >= 11 is 0. The fraction of sp³-hybridized carbons (Fsp3) is 0.667. The second kappa shape index (κ2) is 9.57. The fourth-order valence-corrected chi connectivity index (χ4v) is 2.80. The number of ether oxygens (including phenoxy) is 1. The van der Waals surface area contributed by atoms with Gasteiger partial charge in [0, 0.05) is 24.9 Å². The second-order valence-corrected chi connectivity index (χ2v) is 6.48. The van der Waals surface area contributed by atoms with E-state index in [2.05, 4.69) is 10.3 Å². The van der Waals surface area contributed by atoms with E-state index in [1.54, 1.807) is 5.32 Å². The Morgan fingerprint density at radius 1 is 1.20 bits per heavy atom.